The smallest absolute Gasteiger partial charge is 0.320 e. The summed E-state index contributed by atoms with van der Waals surface area (Å²) in [5.41, 5.74) is 2.11. The first-order valence-electron chi connectivity index (χ1n) is 9.38. The highest BCUT2D eigenvalue weighted by Crippen LogP contribution is 2.30. The molecule has 7 heteroatoms. The van der Waals surface area contributed by atoms with E-state index in [2.05, 4.69) is 27.2 Å². The first-order valence-corrected chi connectivity index (χ1v) is 10.3. The molecule has 1 aliphatic carbocycles. The van der Waals surface area contributed by atoms with Crippen LogP contribution in [0.1, 0.15) is 49.4 Å². The van der Waals surface area contributed by atoms with Crippen LogP contribution in [0.15, 0.2) is 22.9 Å². The number of anilines is 1. The molecule has 2 aromatic heterocycles. The average molecular weight is 377 g/mol. The van der Waals surface area contributed by atoms with Gasteiger partial charge in [-0.05, 0) is 48.6 Å². The number of aliphatic hydroxyl groups is 1. The van der Waals surface area contributed by atoms with Crippen molar-refractivity contribution in [2.45, 2.75) is 51.5 Å². The Morgan fingerprint density at radius 3 is 2.92 bits per heavy atom. The maximum Gasteiger partial charge on any atom is 0.320 e. The third-order valence-corrected chi connectivity index (χ3v) is 5.67. The van der Waals surface area contributed by atoms with E-state index < -0.39 is 0 Å². The fourth-order valence-electron chi connectivity index (χ4n) is 3.55. The average Bonchev–Trinajstić information content (AvgIpc) is 3.29. The van der Waals surface area contributed by atoms with Crippen LogP contribution >= 0.6 is 11.3 Å². The lowest BCUT2D eigenvalue weighted by atomic mass is 9.96. The number of aromatic nitrogens is 2. The summed E-state index contributed by atoms with van der Waals surface area (Å²) in [4.78, 5) is 12.3. The summed E-state index contributed by atoms with van der Waals surface area (Å²) in [6.45, 7) is 2.44. The van der Waals surface area contributed by atoms with E-state index in [9.17, 15) is 9.90 Å². The topological polar surface area (TPSA) is 79.2 Å². The number of carbonyl (C=O) groups excluding carboxylic acids is 1. The minimum absolute atomic E-state index is 0.0142. The summed E-state index contributed by atoms with van der Waals surface area (Å²) in [7, 11) is 0. The van der Waals surface area contributed by atoms with E-state index >= 15 is 0 Å². The van der Waals surface area contributed by atoms with Gasteiger partial charge < -0.3 is 10.4 Å². The molecule has 1 aliphatic rings. The SMILES string of the molecule is Cc1cc(NC(=O)NC[C@H](CO)Cc2ccsc2)n(C2CCCCC2)n1. The molecule has 0 unspecified atom stereocenters. The number of nitrogens with one attached hydrogen (secondary N) is 2. The van der Waals surface area contributed by atoms with Crippen LogP contribution in [0.3, 0.4) is 0 Å². The van der Waals surface area contributed by atoms with E-state index in [1.807, 2.05) is 23.1 Å². The van der Waals surface area contributed by atoms with Gasteiger partial charge in [0.2, 0.25) is 0 Å². The Hall–Kier alpha value is -1.86. The summed E-state index contributed by atoms with van der Waals surface area (Å²) < 4.78 is 1.98. The number of aryl methyl sites for hydroxylation is 1. The number of rotatable bonds is 7. The van der Waals surface area contributed by atoms with Crippen LogP contribution in [-0.2, 0) is 6.42 Å². The van der Waals surface area contributed by atoms with Gasteiger partial charge in [0.25, 0.3) is 0 Å². The minimum atomic E-state index is -0.245. The lowest BCUT2D eigenvalue weighted by Crippen LogP contribution is -2.35. The molecule has 1 fully saturated rings. The van der Waals surface area contributed by atoms with Gasteiger partial charge >= 0.3 is 6.03 Å². The molecular formula is C19H28N4O2S. The number of urea groups is 1. The molecule has 2 amide bonds. The van der Waals surface area contributed by atoms with Gasteiger partial charge in [0, 0.05) is 25.1 Å². The number of carbonyl (C=O) groups is 1. The molecule has 0 aliphatic heterocycles. The largest absolute Gasteiger partial charge is 0.396 e. The van der Waals surface area contributed by atoms with Crippen molar-refractivity contribution in [1.82, 2.24) is 15.1 Å². The highest BCUT2D eigenvalue weighted by molar-refractivity contribution is 7.07. The molecular weight excluding hydrogens is 348 g/mol. The summed E-state index contributed by atoms with van der Waals surface area (Å²) in [5.74, 6) is 0.769. The summed E-state index contributed by atoms with van der Waals surface area (Å²) in [6.07, 6.45) is 6.72. The zero-order chi connectivity index (χ0) is 18.4. The standard InChI is InChI=1S/C19H28N4O2S/c1-14-9-18(23(22-14)17-5-3-2-4-6-17)21-19(25)20-11-16(12-24)10-15-7-8-26-13-15/h7-9,13,16-17,24H,2-6,10-12H2,1H3,(H2,20,21,25)/t16-/m1/s1. The molecule has 0 spiro atoms. The molecule has 6 nitrogen and oxygen atoms in total. The number of hydrogen-bond acceptors (Lipinski definition) is 4. The maximum absolute atomic E-state index is 12.3. The summed E-state index contributed by atoms with van der Waals surface area (Å²) in [5, 5.41) is 24.1. The molecule has 0 aromatic carbocycles. The van der Waals surface area contributed by atoms with Crippen molar-refractivity contribution >= 4 is 23.2 Å². The maximum atomic E-state index is 12.3. The van der Waals surface area contributed by atoms with Crippen molar-refractivity contribution in [3.8, 4) is 0 Å². The van der Waals surface area contributed by atoms with Crippen molar-refractivity contribution in [3.05, 3.63) is 34.2 Å². The molecule has 1 atom stereocenters. The highest BCUT2D eigenvalue weighted by atomic mass is 32.1. The Bertz CT molecular complexity index is 692. The number of thiophene rings is 1. The number of aliphatic hydroxyl groups excluding tert-OH is 1. The Morgan fingerprint density at radius 1 is 1.42 bits per heavy atom. The van der Waals surface area contributed by atoms with Gasteiger partial charge in [-0.25, -0.2) is 9.48 Å². The molecule has 3 rings (SSSR count). The van der Waals surface area contributed by atoms with Crippen molar-refractivity contribution in [2.24, 2.45) is 5.92 Å². The van der Waals surface area contributed by atoms with E-state index in [0.717, 1.165) is 30.8 Å². The monoisotopic (exact) mass is 376 g/mol. The van der Waals surface area contributed by atoms with E-state index in [1.165, 1.54) is 24.8 Å². The van der Waals surface area contributed by atoms with Gasteiger partial charge in [0.05, 0.1) is 11.7 Å². The molecule has 0 bridgehead atoms. The van der Waals surface area contributed by atoms with E-state index in [-0.39, 0.29) is 18.6 Å². The number of nitrogens with zero attached hydrogens (tertiary/aromatic N) is 2. The molecule has 3 N–H and O–H groups in total. The van der Waals surface area contributed by atoms with E-state index in [1.54, 1.807) is 11.3 Å². The molecule has 2 heterocycles. The van der Waals surface area contributed by atoms with Gasteiger partial charge in [0.1, 0.15) is 5.82 Å². The fraction of sp³-hybridized carbons (Fsp3) is 0.579. The zero-order valence-corrected chi connectivity index (χ0v) is 16.1. The Morgan fingerprint density at radius 2 is 2.23 bits per heavy atom. The molecule has 2 aromatic rings. The van der Waals surface area contributed by atoms with Crippen LogP contribution < -0.4 is 10.6 Å². The summed E-state index contributed by atoms with van der Waals surface area (Å²) in [6, 6.07) is 4.10. The third-order valence-electron chi connectivity index (χ3n) is 4.93. The fourth-order valence-corrected chi connectivity index (χ4v) is 4.24. The Kier molecular flexibility index (Phi) is 6.68. The normalized spacial score (nSPS) is 16.4. The first-order chi connectivity index (χ1) is 12.7. The molecule has 26 heavy (non-hydrogen) atoms. The second-order valence-corrected chi connectivity index (χ2v) is 7.91. The van der Waals surface area contributed by atoms with Gasteiger partial charge in [-0.1, -0.05) is 19.3 Å². The van der Waals surface area contributed by atoms with Crippen LogP contribution in [0.2, 0.25) is 0 Å². The van der Waals surface area contributed by atoms with Crippen LogP contribution in [0.25, 0.3) is 0 Å². The van der Waals surface area contributed by atoms with Crippen molar-refractivity contribution in [2.75, 3.05) is 18.5 Å². The van der Waals surface area contributed by atoms with Crippen molar-refractivity contribution in [3.63, 3.8) is 0 Å². The van der Waals surface area contributed by atoms with Crippen LogP contribution in [0, 0.1) is 12.8 Å². The second-order valence-electron chi connectivity index (χ2n) is 7.13. The van der Waals surface area contributed by atoms with Crippen LogP contribution in [0.4, 0.5) is 10.6 Å². The molecule has 1 saturated carbocycles. The first kappa shape index (κ1) is 18.9. The van der Waals surface area contributed by atoms with Crippen molar-refractivity contribution < 1.29 is 9.90 Å². The quantitative estimate of drug-likeness (QED) is 0.689. The predicted molar refractivity (Wildman–Crippen MR) is 105 cm³/mol. The highest BCUT2D eigenvalue weighted by Gasteiger charge is 2.20. The molecule has 142 valence electrons. The third kappa shape index (κ3) is 5.08. The van der Waals surface area contributed by atoms with Gasteiger partial charge in [-0.3, -0.25) is 5.32 Å². The Labute approximate surface area is 158 Å². The van der Waals surface area contributed by atoms with Gasteiger partial charge in [-0.15, -0.1) is 0 Å². The lowest BCUT2D eigenvalue weighted by molar-refractivity contribution is 0.218. The number of amides is 2. The minimum Gasteiger partial charge on any atom is -0.396 e. The van der Waals surface area contributed by atoms with Crippen LogP contribution in [-0.4, -0.2) is 34.1 Å². The second kappa shape index (κ2) is 9.19. The van der Waals surface area contributed by atoms with Gasteiger partial charge in [-0.2, -0.15) is 16.4 Å². The molecule has 0 saturated heterocycles. The lowest BCUT2D eigenvalue weighted by Gasteiger charge is -2.24. The Balaban J connectivity index is 1.54. The van der Waals surface area contributed by atoms with E-state index in [4.69, 9.17) is 0 Å². The summed E-state index contributed by atoms with van der Waals surface area (Å²) >= 11 is 1.64. The molecule has 0 radical (unpaired) electrons. The van der Waals surface area contributed by atoms with Crippen molar-refractivity contribution in [1.29, 1.82) is 0 Å². The number of hydrogen-bond donors (Lipinski definition) is 3. The predicted octanol–water partition coefficient (Wildman–Crippen LogP) is 3.73. The van der Waals surface area contributed by atoms with Crippen LogP contribution in [0.5, 0.6) is 0 Å². The van der Waals surface area contributed by atoms with E-state index in [0.29, 0.717) is 12.6 Å². The zero-order valence-electron chi connectivity index (χ0n) is 15.3. The van der Waals surface area contributed by atoms with Gasteiger partial charge in [0.15, 0.2) is 0 Å².